The van der Waals surface area contributed by atoms with Gasteiger partial charge in [-0.15, -0.1) is 0 Å². The van der Waals surface area contributed by atoms with Crippen LogP contribution in [0.15, 0.2) is 34.8 Å². The Morgan fingerprint density at radius 1 is 1.17 bits per heavy atom. The molecule has 0 heterocycles. The third-order valence-corrected chi connectivity index (χ3v) is 3.81. The largest absolute Gasteiger partial charge is 0.398 e. The maximum atomic E-state index is 6.20. The lowest BCUT2D eigenvalue weighted by molar-refractivity contribution is 1.40. The normalized spacial score (nSPS) is 10.4. The molecule has 0 amide bonds. The van der Waals surface area contributed by atoms with Gasteiger partial charge < -0.3 is 11.1 Å². The summed E-state index contributed by atoms with van der Waals surface area (Å²) in [6.07, 6.45) is 0. The highest BCUT2D eigenvalue weighted by atomic mass is 79.9. The van der Waals surface area contributed by atoms with Gasteiger partial charge in [0.05, 0.1) is 16.4 Å². The number of rotatable bonds is 2. The van der Waals surface area contributed by atoms with Crippen LogP contribution in [-0.2, 0) is 0 Å². The van der Waals surface area contributed by atoms with Crippen LogP contribution in [0.1, 0.15) is 11.1 Å². The maximum Gasteiger partial charge on any atom is 0.0643 e. The minimum Gasteiger partial charge on any atom is -0.398 e. The predicted molar refractivity (Wildman–Crippen MR) is 82.8 cm³/mol. The lowest BCUT2D eigenvalue weighted by atomic mass is 10.1. The second-order valence-electron chi connectivity index (χ2n) is 4.25. The lowest BCUT2D eigenvalue weighted by Crippen LogP contribution is -1.97. The number of benzene rings is 2. The molecule has 0 spiro atoms. The molecule has 94 valence electrons. The molecule has 0 bridgehead atoms. The average molecular weight is 326 g/mol. The number of anilines is 3. The molecular formula is C14H14BrClN2. The van der Waals surface area contributed by atoms with Crippen molar-refractivity contribution in [1.29, 1.82) is 0 Å². The summed E-state index contributed by atoms with van der Waals surface area (Å²) >= 11 is 9.70. The number of nitrogens with two attached hydrogens (primary N) is 1. The van der Waals surface area contributed by atoms with Crippen LogP contribution in [0.25, 0.3) is 0 Å². The summed E-state index contributed by atoms with van der Waals surface area (Å²) in [6.45, 7) is 4.00. The molecule has 2 nitrogen and oxygen atoms in total. The van der Waals surface area contributed by atoms with E-state index in [4.69, 9.17) is 17.3 Å². The molecular weight excluding hydrogens is 312 g/mol. The van der Waals surface area contributed by atoms with Gasteiger partial charge in [0.15, 0.2) is 0 Å². The van der Waals surface area contributed by atoms with E-state index in [0.717, 1.165) is 32.7 Å². The van der Waals surface area contributed by atoms with Crippen molar-refractivity contribution in [2.24, 2.45) is 0 Å². The summed E-state index contributed by atoms with van der Waals surface area (Å²) in [5, 5.41) is 4.05. The number of nitrogen functional groups attached to an aromatic ring is 1. The van der Waals surface area contributed by atoms with Crippen LogP contribution in [0.2, 0.25) is 5.02 Å². The molecule has 0 saturated heterocycles. The number of para-hydroxylation sites is 1. The Labute approximate surface area is 120 Å². The highest BCUT2D eigenvalue weighted by Gasteiger charge is 2.08. The van der Waals surface area contributed by atoms with Crippen molar-refractivity contribution in [3.63, 3.8) is 0 Å². The molecule has 0 aliphatic heterocycles. The molecule has 0 aromatic heterocycles. The summed E-state index contributed by atoms with van der Waals surface area (Å²) < 4.78 is 0.921. The molecule has 18 heavy (non-hydrogen) atoms. The Bertz CT molecular complexity index is 576. The second-order valence-corrected chi connectivity index (χ2v) is 5.51. The Morgan fingerprint density at radius 2 is 1.89 bits per heavy atom. The lowest BCUT2D eigenvalue weighted by Gasteiger charge is -2.14. The molecule has 0 atom stereocenters. The average Bonchev–Trinajstić information content (AvgIpc) is 2.30. The van der Waals surface area contributed by atoms with Gasteiger partial charge in [-0.2, -0.15) is 0 Å². The molecule has 0 saturated carbocycles. The minimum atomic E-state index is 0.705. The topological polar surface area (TPSA) is 38.0 Å². The van der Waals surface area contributed by atoms with Crippen LogP contribution >= 0.6 is 27.5 Å². The molecule has 4 heteroatoms. The van der Waals surface area contributed by atoms with Crippen molar-refractivity contribution < 1.29 is 0 Å². The van der Waals surface area contributed by atoms with Gasteiger partial charge >= 0.3 is 0 Å². The summed E-state index contributed by atoms with van der Waals surface area (Å²) in [7, 11) is 0. The zero-order valence-electron chi connectivity index (χ0n) is 10.2. The fourth-order valence-electron chi connectivity index (χ4n) is 1.72. The first-order valence-electron chi connectivity index (χ1n) is 5.57. The SMILES string of the molecule is Cc1cc(Nc2c(C)cccc2Cl)c(Br)cc1N. The second kappa shape index (κ2) is 5.21. The van der Waals surface area contributed by atoms with Crippen molar-refractivity contribution in [2.45, 2.75) is 13.8 Å². The van der Waals surface area contributed by atoms with E-state index in [1.807, 2.05) is 44.2 Å². The standard InChI is InChI=1S/C14H14BrClN2/c1-8-4-3-5-11(16)14(8)18-13-6-9(2)12(17)7-10(13)15/h3-7,18H,17H2,1-2H3. The van der Waals surface area contributed by atoms with Gasteiger partial charge in [0.1, 0.15) is 0 Å². The van der Waals surface area contributed by atoms with Crippen LogP contribution in [0.5, 0.6) is 0 Å². The molecule has 0 unspecified atom stereocenters. The van der Waals surface area contributed by atoms with Gasteiger partial charge in [0.2, 0.25) is 0 Å². The summed E-state index contributed by atoms with van der Waals surface area (Å²) in [4.78, 5) is 0. The highest BCUT2D eigenvalue weighted by molar-refractivity contribution is 9.10. The Balaban J connectivity index is 2.43. The van der Waals surface area contributed by atoms with E-state index in [9.17, 15) is 0 Å². The molecule has 2 aromatic carbocycles. The van der Waals surface area contributed by atoms with Crippen LogP contribution in [0, 0.1) is 13.8 Å². The summed E-state index contributed by atoms with van der Waals surface area (Å²) in [5.41, 5.74) is 10.6. The van der Waals surface area contributed by atoms with E-state index < -0.39 is 0 Å². The van der Waals surface area contributed by atoms with Crippen LogP contribution in [0.3, 0.4) is 0 Å². The van der Waals surface area contributed by atoms with Crippen molar-refractivity contribution >= 4 is 44.6 Å². The summed E-state index contributed by atoms with van der Waals surface area (Å²) in [6, 6.07) is 9.72. The molecule has 2 aromatic rings. The van der Waals surface area contributed by atoms with Gasteiger partial charge in [-0.3, -0.25) is 0 Å². The van der Waals surface area contributed by atoms with Gasteiger partial charge in [-0.05, 0) is 59.1 Å². The monoisotopic (exact) mass is 324 g/mol. The number of hydrogen-bond donors (Lipinski definition) is 2. The first-order valence-corrected chi connectivity index (χ1v) is 6.74. The van der Waals surface area contributed by atoms with Gasteiger partial charge in [-0.1, -0.05) is 23.7 Å². The Hall–Kier alpha value is -1.19. The van der Waals surface area contributed by atoms with E-state index in [2.05, 4.69) is 21.2 Å². The summed E-state index contributed by atoms with van der Waals surface area (Å²) in [5.74, 6) is 0. The Kier molecular flexibility index (Phi) is 3.83. The first-order chi connectivity index (χ1) is 8.49. The van der Waals surface area contributed by atoms with Crippen LogP contribution in [0.4, 0.5) is 17.1 Å². The Morgan fingerprint density at radius 3 is 2.56 bits per heavy atom. The smallest absolute Gasteiger partial charge is 0.0643 e. The van der Waals surface area contributed by atoms with E-state index in [0.29, 0.717) is 5.02 Å². The van der Waals surface area contributed by atoms with Crippen molar-refractivity contribution in [1.82, 2.24) is 0 Å². The van der Waals surface area contributed by atoms with E-state index in [1.165, 1.54) is 0 Å². The van der Waals surface area contributed by atoms with Gasteiger partial charge in [0, 0.05) is 10.2 Å². The molecule has 0 aliphatic carbocycles. The van der Waals surface area contributed by atoms with Gasteiger partial charge in [-0.25, -0.2) is 0 Å². The first kappa shape index (κ1) is 13.2. The van der Waals surface area contributed by atoms with Crippen LogP contribution < -0.4 is 11.1 Å². The number of hydrogen-bond acceptors (Lipinski definition) is 2. The van der Waals surface area contributed by atoms with Crippen molar-refractivity contribution in [2.75, 3.05) is 11.1 Å². The number of halogens is 2. The predicted octanol–water partition coefficient (Wildman–Crippen LogP) is 5.05. The van der Waals surface area contributed by atoms with E-state index in [-0.39, 0.29) is 0 Å². The molecule has 0 radical (unpaired) electrons. The van der Waals surface area contributed by atoms with E-state index in [1.54, 1.807) is 0 Å². The number of aryl methyl sites for hydroxylation is 2. The fourth-order valence-corrected chi connectivity index (χ4v) is 2.45. The zero-order valence-corrected chi connectivity index (χ0v) is 12.6. The van der Waals surface area contributed by atoms with Crippen molar-refractivity contribution in [3.8, 4) is 0 Å². The zero-order chi connectivity index (χ0) is 13.3. The van der Waals surface area contributed by atoms with E-state index >= 15 is 0 Å². The molecule has 2 rings (SSSR count). The maximum absolute atomic E-state index is 6.20. The molecule has 0 fully saturated rings. The number of nitrogens with one attached hydrogen (secondary N) is 1. The van der Waals surface area contributed by atoms with Crippen molar-refractivity contribution in [3.05, 3.63) is 51.0 Å². The van der Waals surface area contributed by atoms with Crippen LogP contribution in [-0.4, -0.2) is 0 Å². The van der Waals surface area contributed by atoms with Gasteiger partial charge in [0.25, 0.3) is 0 Å². The minimum absolute atomic E-state index is 0.705. The quantitative estimate of drug-likeness (QED) is 0.759. The third-order valence-electron chi connectivity index (χ3n) is 2.84. The highest BCUT2D eigenvalue weighted by Crippen LogP contribution is 2.34. The fraction of sp³-hybridized carbons (Fsp3) is 0.143. The third kappa shape index (κ3) is 2.62. The molecule has 3 N–H and O–H groups in total. The molecule has 0 aliphatic rings.